The number of carbonyl (C=O) groups is 2. The number of benzene rings is 1. The van der Waals surface area contributed by atoms with Gasteiger partial charge in [0.25, 0.3) is 5.91 Å². The van der Waals surface area contributed by atoms with Crippen molar-refractivity contribution in [1.82, 2.24) is 5.32 Å². The fourth-order valence-corrected chi connectivity index (χ4v) is 1.70. The van der Waals surface area contributed by atoms with Gasteiger partial charge in [-0.25, -0.2) is 0 Å². The Balaban J connectivity index is 2.80. The van der Waals surface area contributed by atoms with Crippen LogP contribution in [-0.4, -0.2) is 11.8 Å². The standard InChI is InChI=1S/C15H16ClN3O2/c1-3-4-14(20)19-15(21)11(8-17)9-18-13-7-12(16)6-5-10(13)2/h5-7,9,18H,3-4H2,1-2H3,(H,19,20,21). The SMILES string of the molecule is CCCC(=O)NC(=O)C(C#N)=CNc1cc(Cl)ccc1C. The highest BCUT2D eigenvalue weighted by atomic mass is 35.5. The normalized spacial score (nSPS) is 10.7. The lowest BCUT2D eigenvalue weighted by atomic mass is 10.2. The third-order valence-corrected chi connectivity index (χ3v) is 2.90. The molecule has 0 unspecified atom stereocenters. The number of nitrogens with zero attached hydrogens (tertiary/aromatic N) is 1. The highest BCUT2D eigenvalue weighted by molar-refractivity contribution is 6.30. The fourth-order valence-electron chi connectivity index (χ4n) is 1.53. The van der Waals surface area contributed by atoms with Crippen molar-refractivity contribution < 1.29 is 9.59 Å². The number of imide groups is 1. The quantitative estimate of drug-likeness (QED) is 0.647. The van der Waals surface area contributed by atoms with Crippen LogP contribution >= 0.6 is 11.6 Å². The van der Waals surface area contributed by atoms with E-state index in [0.717, 1.165) is 5.56 Å². The summed E-state index contributed by atoms with van der Waals surface area (Å²) in [5.41, 5.74) is 1.41. The van der Waals surface area contributed by atoms with Crippen LogP contribution in [0.25, 0.3) is 0 Å². The zero-order valence-corrected chi connectivity index (χ0v) is 12.6. The summed E-state index contributed by atoms with van der Waals surface area (Å²) in [6, 6.07) is 7.00. The van der Waals surface area contributed by atoms with Gasteiger partial charge in [0.2, 0.25) is 5.91 Å². The van der Waals surface area contributed by atoms with Crippen LogP contribution in [0.3, 0.4) is 0 Å². The van der Waals surface area contributed by atoms with Crippen LogP contribution in [-0.2, 0) is 9.59 Å². The van der Waals surface area contributed by atoms with Crippen LogP contribution < -0.4 is 10.6 Å². The van der Waals surface area contributed by atoms with Crippen LogP contribution in [0.5, 0.6) is 0 Å². The number of halogens is 1. The molecule has 0 fully saturated rings. The minimum Gasteiger partial charge on any atom is -0.360 e. The molecule has 2 N–H and O–H groups in total. The van der Waals surface area contributed by atoms with Crippen molar-refractivity contribution in [3.05, 3.63) is 40.6 Å². The molecule has 0 radical (unpaired) electrons. The van der Waals surface area contributed by atoms with Gasteiger partial charge >= 0.3 is 0 Å². The van der Waals surface area contributed by atoms with Gasteiger partial charge in [0.15, 0.2) is 0 Å². The maximum atomic E-state index is 11.7. The smallest absolute Gasteiger partial charge is 0.269 e. The number of hydrogen-bond donors (Lipinski definition) is 2. The fraction of sp³-hybridized carbons (Fsp3) is 0.267. The molecule has 5 nitrogen and oxygen atoms in total. The van der Waals surface area contributed by atoms with E-state index in [0.29, 0.717) is 17.1 Å². The molecule has 6 heteroatoms. The molecule has 0 aliphatic rings. The van der Waals surface area contributed by atoms with Crippen molar-refractivity contribution in [2.75, 3.05) is 5.32 Å². The second-order valence-electron chi connectivity index (χ2n) is 4.40. The molecular formula is C15H16ClN3O2. The minimum absolute atomic E-state index is 0.182. The van der Waals surface area contributed by atoms with E-state index in [-0.39, 0.29) is 12.0 Å². The van der Waals surface area contributed by atoms with Gasteiger partial charge in [-0.1, -0.05) is 24.6 Å². The molecule has 1 rings (SSSR count). The molecule has 0 spiro atoms. The first-order valence-corrected chi connectivity index (χ1v) is 6.82. The first-order valence-electron chi connectivity index (χ1n) is 6.45. The molecule has 0 atom stereocenters. The van der Waals surface area contributed by atoms with Crippen molar-refractivity contribution in [3.8, 4) is 6.07 Å². The Morgan fingerprint density at radius 3 is 2.76 bits per heavy atom. The first-order chi connectivity index (χ1) is 9.97. The summed E-state index contributed by atoms with van der Waals surface area (Å²) < 4.78 is 0. The van der Waals surface area contributed by atoms with E-state index in [1.807, 2.05) is 19.9 Å². The number of nitrogens with one attached hydrogen (secondary N) is 2. The number of anilines is 1. The molecule has 110 valence electrons. The molecule has 1 aromatic rings. The topological polar surface area (TPSA) is 82.0 Å². The minimum atomic E-state index is -0.719. The number of rotatable bonds is 5. The molecule has 0 aliphatic carbocycles. The van der Waals surface area contributed by atoms with Crippen molar-refractivity contribution >= 4 is 29.1 Å². The van der Waals surface area contributed by atoms with Crippen molar-refractivity contribution in [2.24, 2.45) is 0 Å². The molecule has 0 saturated carbocycles. The second kappa shape index (κ2) is 8.08. The van der Waals surface area contributed by atoms with Gasteiger partial charge < -0.3 is 5.32 Å². The Hall–Kier alpha value is -2.32. The molecule has 0 heterocycles. The number of nitriles is 1. The lowest BCUT2D eigenvalue weighted by Crippen LogP contribution is -2.31. The van der Waals surface area contributed by atoms with E-state index < -0.39 is 11.8 Å². The zero-order valence-electron chi connectivity index (χ0n) is 11.9. The summed E-state index contributed by atoms with van der Waals surface area (Å²) in [5, 5.41) is 14.5. The number of hydrogen-bond acceptors (Lipinski definition) is 4. The van der Waals surface area contributed by atoms with E-state index in [4.69, 9.17) is 16.9 Å². The second-order valence-corrected chi connectivity index (χ2v) is 4.84. The summed E-state index contributed by atoms with van der Waals surface area (Å²) >= 11 is 5.88. The molecule has 21 heavy (non-hydrogen) atoms. The molecule has 2 amide bonds. The Morgan fingerprint density at radius 1 is 1.43 bits per heavy atom. The first kappa shape index (κ1) is 16.7. The molecule has 0 saturated heterocycles. The molecule has 0 aromatic heterocycles. The lowest BCUT2D eigenvalue weighted by molar-refractivity contribution is -0.128. The van der Waals surface area contributed by atoms with E-state index >= 15 is 0 Å². The monoisotopic (exact) mass is 305 g/mol. The molecular weight excluding hydrogens is 290 g/mol. The van der Waals surface area contributed by atoms with Gasteiger partial charge in [-0.05, 0) is 31.0 Å². The average Bonchev–Trinajstić information content (AvgIpc) is 2.43. The number of aryl methyl sites for hydroxylation is 1. The van der Waals surface area contributed by atoms with Gasteiger partial charge in [0.1, 0.15) is 11.6 Å². The van der Waals surface area contributed by atoms with E-state index in [2.05, 4.69) is 10.6 Å². The molecule has 1 aromatic carbocycles. The third kappa shape index (κ3) is 5.28. The Bertz CT molecular complexity index is 618. The van der Waals surface area contributed by atoms with Crippen LogP contribution in [0.15, 0.2) is 30.0 Å². The molecule has 0 bridgehead atoms. The summed E-state index contributed by atoms with van der Waals surface area (Å²) in [6.45, 7) is 3.69. The summed E-state index contributed by atoms with van der Waals surface area (Å²) in [4.78, 5) is 23.1. The van der Waals surface area contributed by atoms with Gasteiger partial charge in [-0.3, -0.25) is 14.9 Å². The number of carbonyl (C=O) groups excluding carboxylic acids is 2. The van der Waals surface area contributed by atoms with Crippen LogP contribution in [0.4, 0.5) is 5.69 Å². The van der Waals surface area contributed by atoms with Crippen molar-refractivity contribution in [1.29, 1.82) is 5.26 Å². The Kier molecular flexibility index (Phi) is 6.44. The predicted octanol–water partition coefficient (Wildman–Crippen LogP) is 2.91. The van der Waals surface area contributed by atoms with Gasteiger partial charge in [-0.2, -0.15) is 5.26 Å². The van der Waals surface area contributed by atoms with Crippen LogP contribution in [0, 0.1) is 18.3 Å². The number of amides is 2. The lowest BCUT2D eigenvalue weighted by Gasteiger charge is -2.07. The van der Waals surface area contributed by atoms with E-state index in [1.54, 1.807) is 18.2 Å². The highest BCUT2D eigenvalue weighted by Gasteiger charge is 2.12. The summed E-state index contributed by atoms with van der Waals surface area (Å²) in [7, 11) is 0. The maximum absolute atomic E-state index is 11.7. The summed E-state index contributed by atoms with van der Waals surface area (Å²) in [5.74, 6) is -1.12. The zero-order chi connectivity index (χ0) is 15.8. The Labute approximate surface area is 128 Å². The van der Waals surface area contributed by atoms with Crippen LogP contribution in [0.1, 0.15) is 25.3 Å². The van der Waals surface area contributed by atoms with Crippen molar-refractivity contribution in [3.63, 3.8) is 0 Å². The van der Waals surface area contributed by atoms with Crippen molar-refractivity contribution in [2.45, 2.75) is 26.7 Å². The van der Waals surface area contributed by atoms with E-state index in [9.17, 15) is 9.59 Å². The Morgan fingerprint density at radius 2 is 2.14 bits per heavy atom. The highest BCUT2D eigenvalue weighted by Crippen LogP contribution is 2.20. The average molecular weight is 306 g/mol. The predicted molar refractivity (Wildman–Crippen MR) is 81.6 cm³/mol. The molecule has 0 aliphatic heterocycles. The maximum Gasteiger partial charge on any atom is 0.269 e. The van der Waals surface area contributed by atoms with Crippen LogP contribution in [0.2, 0.25) is 5.02 Å². The van der Waals surface area contributed by atoms with Gasteiger partial charge in [0.05, 0.1) is 0 Å². The van der Waals surface area contributed by atoms with Gasteiger partial charge in [0, 0.05) is 23.3 Å². The summed E-state index contributed by atoms with van der Waals surface area (Å²) in [6.07, 6.45) is 2.13. The van der Waals surface area contributed by atoms with E-state index in [1.165, 1.54) is 6.20 Å². The largest absolute Gasteiger partial charge is 0.360 e. The third-order valence-electron chi connectivity index (χ3n) is 2.67. The van der Waals surface area contributed by atoms with Gasteiger partial charge in [-0.15, -0.1) is 0 Å².